The first kappa shape index (κ1) is 27.7. The Morgan fingerprint density at radius 3 is 2.27 bits per heavy atom. The minimum absolute atomic E-state index is 0. The van der Waals surface area contributed by atoms with Gasteiger partial charge in [0, 0.05) is 46.2 Å². The van der Waals surface area contributed by atoms with Crippen molar-refractivity contribution < 1.29 is 9.53 Å². The Morgan fingerprint density at radius 2 is 1.70 bits per heavy atom. The molecule has 2 heterocycles. The molecule has 1 aromatic rings. The molecule has 0 radical (unpaired) electrons. The van der Waals surface area contributed by atoms with Gasteiger partial charge in [-0.1, -0.05) is 12.1 Å². The molecule has 0 saturated carbocycles. The molecule has 8 heteroatoms. The van der Waals surface area contributed by atoms with Crippen molar-refractivity contribution in [2.75, 3.05) is 53.4 Å². The Labute approximate surface area is 216 Å². The van der Waals surface area contributed by atoms with Crippen LogP contribution in [-0.4, -0.2) is 75.1 Å². The van der Waals surface area contributed by atoms with Crippen LogP contribution in [0, 0.1) is 11.8 Å². The Bertz CT molecular complexity index is 727. The molecule has 7 nitrogen and oxygen atoms in total. The number of carbonyl (C=O) groups excluding carboxylic acids is 1. The molecule has 186 valence electrons. The second-order valence-corrected chi connectivity index (χ2v) is 9.07. The molecule has 3 rings (SSSR count). The number of nitrogens with one attached hydrogen (secondary N) is 2. The summed E-state index contributed by atoms with van der Waals surface area (Å²) in [7, 11) is 3.43. The number of rotatable bonds is 8. The largest absolute Gasteiger partial charge is 0.497 e. The highest BCUT2D eigenvalue weighted by Crippen LogP contribution is 2.22. The molecule has 33 heavy (non-hydrogen) atoms. The second-order valence-electron chi connectivity index (χ2n) is 9.07. The molecule has 2 N–H and O–H groups in total. The molecule has 0 aromatic heterocycles. The van der Waals surface area contributed by atoms with Gasteiger partial charge in [0.25, 0.3) is 0 Å². The first-order valence-corrected chi connectivity index (χ1v) is 12.2. The summed E-state index contributed by atoms with van der Waals surface area (Å²) in [5, 5.41) is 6.23. The highest BCUT2D eigenvalue weighted by molar-refractivity contribution is 14.0. The van der Waals surface area contributed by atoms with Crippen molar-refractivity contribution in [1.82, 2.24) is 20.4 Å². The van der Waals surface area contributed by atoms with E-state index < -0.39 is 0 Å². The summed E-state index contributed by atoms with van der Waals surface area (Å²) in [6.07, 6.45) is 5.16. The van der Waals surface area contributed by atoms with Crippen LogP contribution in [0.1, 0.15) is 44.6 Å². The molecule has 2 aliphatic rings. The Balaban J connectivity index is 0.00000385. The van der Waals surface area contributed by atoms with Gasteiger partial charge in [-0.2, -0.15) is 0 Å². The van der Waals surface area contributed by atoms with Crippen LogP contribution in [0.25, 0.3) is 0 Å². The third-order valence-electron chi connectivity index (χ3n) is 6.77. The van der Waals surface area contributed by atoms with Gasteiger partial charge in [-0.15, -0.1) is 24.0 Å². The number of hydrogen-bond acceptors (Lipinski definition) is 4. The van der Waals surface area contributed by atoms with Crippen molar-refractivity contribution in [3.05, 3.63) is 29.8 Å². The van der Waals surface area contributed by atoms with Crippen LogP contribution in [0.4, 0.5) is 0 Å². The smallest absolute Gasteiger partial charge is 0.220 e. The normalized spacial score (nSPS) is 18.5. The molecule has 0 bridgehead atoms. The predicted molar refractivity (Wildman–Crippen MR) is 145 cm³/mol. The number of halogens is 1. The topological polar surface area (TPSA) is 69.2 Å². The maximum absolute atomic E-state index is 11.7. The van der Waals surface area contributed by atoms with Crippen LogP contribution in [0.5, 0.6) is 5.75 Å². The third kappa shape index (κ3) is 8.96. The van der Waals surface area contributed by atoms with Gasteiger partial charge >= 0.3 is 0 Å². The van der Waals surface area contributed by atoms with Crippen LogP contribution < -0.4 is 15.4 Å². The second kappa shape index (κ2) is 14.7. The van der Waals surface area contributed by atoms with Crippen molar-refractivity contribution >= 4 is 35.8 Å². The Hall–Kier alpha value is -1.55. The molecule has 1 amide bonds. The summed E-state index contributed by atoms with van der Waals surface area (Å²) in [6.45, 7) is 9.15. The number of methoxy groups -OCH3 is 1. The molecule has 2 saturated heterocycles. The lowest BCUT2D eigenvalue weighted by molar-refractivity contribution is -0.121. The zero-order valence-electron chi connectivity index (χ0n) is 20.5. The van der Waals surface area contributed by atoms with Gasteiger partial charge in [0.1, 0.15) is 5.75 Å². The van der Waals surface area contributed by atoms with Crippen LogP contribution in [0.2, 0.25) is 0 Å². The van der Waals surface area contributed by atoms with E-state index in [1.165, 1.54) is 18.4 Å². The van der Waals surface area contributed by atoms with Gasteiger partial charge in [0.05, 0.1) is 7.11 Å². The van der Waals surface area contributed by atoms with Crippen LogP contribution in [0.15, 0.2) is 29.3 Å². The Kier molecular flexibility index (Phi) is 12.3. The fraction of sp³-hybridized carbons (Fsp3) is 0.680. The maximum Gasteiger partial charge on any atom is 0.220 e. The van der Waals surface area contributed by atoms with Crippen molar-refractivity contribution in [2.24, 2.45) is 16.8 Å². The summed E-state index contributed by atoms with van der Waals surface area (Å²) in [5.74, 6) is 3.26. The minimum Gasteiger partial charge on any atom is -0.497 e. The van der Waals surface area contributed by atoms with Crippen molar-refractivity contribution in [3.63, 3.8) is 0 Å². The summed E-state index contributed by atoms with van der Waals surface area (Å²) in [5.41, 5.74) is 1.34. The minimum atomic E-state index is 0. The lowest BCUT2D eigenvalue weighted by atomic mass is 9.93. The predicted octanol–water partition coefficient (Wildman–Crippen LogP) is 3.34. The molecule has 0 atom stereocenters. The average Bonchev–Trinajstić information content (AvgIpc) is 2.83. The van der Waals surface area contributed by atoms with E-state index in [-0.39, 0.29) is 29.9 Å². The van der Waals surface area contributed by atoms with Crippen molar-refractivity contribution in [2.45, 2.75) is 45.6 Å². The van der Waals surface area contributed by atoms with Crippen LogP contribution in [-0.2, 0) is 11.3 Å². The SMILES string of the molecule is CCNC(=NCC1CCN(Cc2ccc(OC)cc2)CC1)N1CCC(CC(=O)NC)CC1.I. The first-order chi connectivity index (χ1) is 15.6. The number of hydrogen-bond donors (Lipinski definition) is 2. The zero-order valence-corrected chi connectivity index (χ0v) is 22.8. The maximum atomic E-state index is 11.7. The number of ether oxygens (including phenoxy) is 1. The summed E-state index contributed by atoms with van der Waals surface area (Å²) in [6, 6.07) is 8.41. The number of nitrogens with zero attached hydrogens (tertiary/aromatic N) is 3. The van der Waals surface area contributed by atoms with Crippen LogP contribution in [0.3, 0.4) is 0 Å². The molecule has 2 fully saturated rings. The van der Waals surface area contributed by atoms with Crippen molar-refractivity contribution in [3.8, 4) is 5.75 Å². The monoisotopic (exact) mass is 571 g/mol. The van der Waals surface area contributed by atoms with E-state index in [2.05, 4.69) is 39.5 Å². The lowest BCUT2D eigenvalue weighted by Gasteiger charge is -2.35. The first-order valence-electron chi connectivity index (χ1n) is 12.2. The van der Waals surface area contributed by atoms with E-state index in [1.54, 1.807) is 14.2 Å². The average molecular weight is 572 g/mol. The zero-order chi connectivity index (χ0) is 22.8. The molecular formula is C25H42IN5O2. The highest BCUT2D eigenvalue weighted by atomic mass is 127. The van der Waals surface area contributed by atoms with Gasteiger partial charge < -0.3 is 20.3 Å². The molecule has 0 unspecified atom stereocenters. The number of amides is 1. The van der Waals surface area contributed by atoms with E-state index in [0.29, 0.717) is 18.3 Å². The van der Waals surface area contributed by atoms with E-state index in [1.807, 2.05) is 12.1 Å². The summed E-state index contributed by atoms with van der Waals surface area (Å²) >= 11 is 0. The summed E-state index contributed by atoms with van der Waals surface area (Å²) in [4.78, 5) is 21.6. The number of carbonyl (C=O) groups is 1. The van der Waals surface area contributed by atoms with Gasteiger partial charge in [-0.05, 0) is 75.2 Å². The fourth-order valence-electron chi connectivity index (χ4n) is 4.67. The number of benzene rings is 1. The van der Waals surface area contributed by atoms with Gasteiger partial charge in [-0.3, -0.25) is 14.7 Å². The summed E-state index contributed by atoms with van der Waals surface area (Å²) < 4.78 is 5.25. The fourth-order valence-corrected chi connectivity index (χ4v) is 4.67. The van der Waals surface area contributed by atoms with E-state index >= 15 is 0 Å². The molecule has 1 aromatic carbocycles. The van der Waals surface area contributed by atoms with E-state index in [9.17, 15) is 4.79 Å². The van der Waals surface area contributed by atoms with Crippen LogP contribution >= 0.6 is 24.0 Å². The quantitative estimate of drug-likeness (QED) is 0.285. The molecular weight excluding hydrogens is 529 g/mol. The third-order valence-corrected chi connectivity index (χ3v) is 6.77. The standard InChI is InChI=1S/C25H41N5O2.HI/c1-4-27-25(30-15-11-20(12-16-30)17-24(31)26-2)28-18-21-9-13-29(14-10-21)19-22-5-7-23(32-3)8-6-22;/h5-8,20-21H,4,9-19H2,1-3H3,(H,26,31)(H,27,28);1H. The Morgan fingerprint density at radius 1 is 1.06 bits per heavy atom. The molecule has 2 aliphatic heterocycles. The van der Waals surface area contributed by atoms with E-state index in [4.69, 9.17) is 9.73 Å². The van der Waals surface area contributed by atoms with E-state index in [0.717, 1.165) is 70.4 Å². The molecule has 0 spiro atoms. The van der Waals surface area contributed by atoms with Gasteiger partial charge in [0.15, 0.2) is 5.96 Å². The number of likely N-dealkylation sites (tertiary alicyclic amines) is 2. The number of aliphatic imine (C=N–C) groups is 1. The molecule has 0 aliphatic carbocycles. The number of piperidine rings is 2. The van der Waals surface area contributed by atoms with Gasteiger partial charge in [-0.25, -0.2) is 0 Å². The van der Waals surface area contributed by atoms with Crippen molar-refractivity contribution in [1.29, 1.82) is 0 Å². The lowest BCUT2D eigenvalue weighted by Crippen LogP contribution is -2.46. The number of guanidine groups is 1. The highest BCUT2D eigenvalue weighted by Gasteiger charge is 2.24. The van der Waals surface area contributed by atoms with Gasteiger partial charge in [0.2, 0.25) is 5.91 Å².